The van der Waals surface area contributed by atoms with Crippen LogP contribution in [-0.2, 0) is 27.3 Å². The van der Waals surface area contributed by atoms with Crippen molar-refractivity contribution in [3.63, 3.8) is 0 Å². The van der Waals surface area contributed by atoms with Crippen molar-refractivity contribution in [2.24, 2.45) is 5.73 Å². The summed E-state index contributed by atoms with van der Waals surface area (Å²) in [6.45, 7) is 0.545. The summed E-state index contributed by atoms with van der Waals surface area (Å²) in [4.78, 5) is 40.4. The van der Waals surface area contributed by atoms with Crippen LogP contribution in [0.3, 0.4) is 0 Å². The third-order valence-electron chi connectivity index (χ3n) is 5.49. The number of benzene rings is 2. The molecule has 174 valence electrons. The number of hydrogen-bond acceptors (Lipinski definition) is 6. The molecule has 0 radical (unpaired) electrons. The number of ether oxygens (including phenoxy) is 1. The van der Waals surface area contributed by atoms with Gasteiger partial charge in [-0.3, -0.25) is 14.6 Å². The number of cyclic esters (lactones) is 1. The van der Waals surface area contributed by atoms with Crippen LogP contribution >= 0.6 is 0 Å². The average molecular weight is 462 g/mol. The van der Waals surface area contributed by atoms with Crippen molar-refractivity contribution >= 4 is 23.5 Å². The number of hydrogen-bond donors (Lipinski definition) is 3. The van der Waals surface area contributed by atoms with E-state index >= 15 is 0 Å². The van der Waals surface area contributed by atoms with Crippen LogP contribution in [0, 0.1) is 5.82 Å². The summed E-state index contributed by atoms with van der Waals surface area (Å²) in [5, 5.41) is 5.23. The molecule has 2 heterocycles. The van der Waals surface area contributed by atoms with Crippen molar-refractivity contribution in [2.75, 3.05) is 11.9 Å². The van der Waals surface area contributed by atoms with Gasteiger partial charge in [-0.05, 0) is 40.5 Å². The van der Waals surface area contributed by atoms with Gasteiger partial charge in [0.25, 0.3) is 5.91 Å². The fraction of sp³-hybridized carbons (Fsp3) is 0.200. The fourth-order valence-corrected chi connectivity index (χ4v) is 3.74. The van der Waals surface area contributed by atoms with Crippen molar-refractivity contribution in [1.29, 1.82) is 0 Å². The molecule has 1 aliphatic heterocycles. The summed E-state index contributed by atoms with van der Waals surface area (Å²) in [5.74, 6) is -1.82. The number of nitrogens with zero attached hydrogens (tertiary/aromatic N) is 1. The normalized spacial score (nSPS) is 15.0. The molecule has 8 nitrogen and oxygen atoms in total. The highest BCUT2D eigenvalue weighted by atomic mass is 19.1. The summed E-state index contributed by atoms with van der Waals surface area (Å²) in [5.41, 5.74) is 9.32. The first-order valence-electron chi connectivity index (χ1n) is 10.7. The highest BCUT2D eigenvalue weighted by Gasteiger charge is 2.27. The molecule has 2 aromatic carbocycles. The largest absolute Gasteiger partial charge is 0.464 e. The van der Waals surface area contributed by atoms with Crippen molar-refractivity contribution in [2.45, 2.75) is 25.4 Å². The van der Waals surface area contributed by atoms with Crippen molar-refractivity contribution in [3.8, 4) is 11.1 Å². The third kappa shape index (κ3) is 5.26. The number of anilines is 1. The van der Waals surface area contributed by atoms with Gasteiger partial charge in [0.05, 0.1) is 24.9 Å². The van der Waals surface area contributed by atoms with Gasteiger partial charge in [-0.15, -0.1) is 0 Å². The van der Waals surface area contributed by atoms with Gasteiger partial charge >= 0.3 is 5.97 Å². The van der Waals surface area contributed by atoms with E-state index in [1.54, 1.807) is 30.3 Å². The maximum Gasteiger partial charge on any atom is 0.328 e. The first-order chi connectivity index (χ1) is 16.4. The second kappa shape index (κ2) is 10.2. The number of pyridine rings is 1. The molecule has 1 atom stereocenters. The minimum Gasteiger partial charge on any atom is -0.464 e. The summed E-state index contributed by atoms with van der Waals surface area (Å²) in [7, 11) is 0. The molecule has 1 aromatic heterocycles. The molecule has 34 heavy (non-hydrogen) atoms. The van der Waals surface area contributed by atoms with E-state index in [1.807, 2.05) is 12.1 Å². The van der Waals surface area contributed by atoms with Crippen LogP contribution in [0.4, 0.5) is 10.1 Å². The SMILES string of the molecule is NCc1ccc(C(=O)Nc2ccncc2F)cc1-c1cccc(CC(=O)NC2CCOC2=O)c1. The maximum atomic E-state index is 13.9. The predicted molar refractivity (Wildman–Crippen MR) is 123 cm³/mol. The number of carbonyl (C=O) groups excluding carboxylic acids is 3. The van der Waals surface area contributed by atoms with Gasteiger partial charge in [0, 0.05) is 24.7 Å². The predicted octanol–water partition coefficient (Wildman–Crippen LogP) is 2.57. The highest BCUT2D eigenvalue weighted by Crippen LogP contribution is 2.27. The Balaban J connectivity index is 1.55. The smallest absolute Gasteiger partial charge is 0.328 e. The Bertz CT molecular complexity index is 1250. The first kappa shape index (κ1) is 23.1. The lowest BCUT2D eigenvalue weighted by Crippen LogP contribution is -2.38. The standard InChI is InChI=1S/C25H23FN4O4/c26-20-14-28-8-6-21(20)30-24(32)17-4-5-18(13-27)19(12-17)16-3-1-2-15(10-16)11-23(31)29-22-7-9-34-25(22)33/h1-6,8,10,12,14,22H,7,9,11,13,27H2,(H,29,31)(H,28,30,32). The molecule has 1 fully saturated rings. The van der Waals surface area contributed by atoms with Gasteiger partial charge in [0.1, 0.15) is 6.04 Å². The molecule has 1 unspecified atom stereocenters. The van der Waals surface area contributed by atoms with Crippen LogP contribution in [-0.4, -0.2) is 35.4 Å². The van der Waals surface area contributed by atoms with Crippen molar-refractivity contribution in [3.05, 3.63) is 83.4 Å². The fourth-order valence-electron chi connectivity index (χ4n) is 3.74. The molecular formula is C25H23FN4O4. The molecule has 0 spiro atoms. The molecule has 4 rings (SSSR count). The van der Waals surface area contributed by atoms with Crippen molar-refractivity contribution < 1.29 is 23.5 Å². The van der Waals surface area contributed by atoms with Crippen LogP contribution in [0.25, 0.3) is 11.1 Å². The number of nitrogens with one attached hydrogen (secondary N) is 2. The molecule has 9 heteroatoms. The Labute approximate surface area is 195 Å². The van der Waals surface area contributed by atoms with Crippen LogP contribution in [0.1, 0.15) is 27.9 Å². The second-order valence-electron chi connectivity index (χ2n) is 7.84. The highest BCUT2D eigenvalue weighted by molar-refractivity contribution is 6.05. The Kier molecular flexibility index (Phi) is 6.93. The minimum atomic E-state index is -0.633. The van der Waals surface area contributed by atoms with E-state index < -0.39 is 23.7 Å². The molecule has 0 aliphatic carbocycles. The van der Waals surface area contributed by atoms with Crippen LogP contribution in [0.15, 0.2) is 60.9 Å². The molecule has 0 saturated carbocycles. The Morgan fingerprint density at radius 2 is 2.03 bits per heavy atom. The summed E-state index contributed by atoms with van der Waals surface area (Å²) in [6, 6.07) is 13.1. The monoisotopic (exact) mass is 462 g/mol. The number of carbonyl (C=O) groups is 3. The zero-order valence-corrected chi connectivity index (χ0v) is 18.2. The van der Waals surface area contributed by atoms with Crippen LogP contribution < -0.4 is 16.4 Å². The Morgan fingerprint density at radius 1 is 1.18 bits per heavy atom. The number of nitrogens with two attached hydrogens (primary N) is 1. The molecular weight excluding hydrogens is 439 g/mol. The zero-order chi connectivity index (χ0) is 24.1. The Morgan fingerprint density at radius 3 is 2.76 bits per heavy atom. The first-order valence-corrected chi connectivity index (χ1v) is 10.7. The van der Waals surface area contributed by atoms with E-state index in [2.05, 4.69) is 15.6 Å². The second-order valence-corrected chi connectivity index (χ2v) is 7.84. The Hall–Kier alpha value is -4.11. The van der Waals surface area contributed by atoms with Gasteiger partial charge in [0.15, 0.2) is 5.82 Å². The third-order valence-corrected chi connectivity index (χ3v) is 5.49. The number of amides is 2. The van der Waals surface area contributed by atoms with Crippen LogP contribution in [0.5, 0.6) is 0 Å². The van der Waals surface area contributed by atoms with Crippen LogP contribution in [0.2, 0.25) is 0 Å². The van der Waals surface area contributed by atoms with E-state index in [1.165, 1.54) is 12.3 Å². The molecule has 4 N–H and O–H groups in total. The van der Waals surface area contributed by atoms with Gasteiger partial charge in [-0.2, -0.15) is 0 Å². The molecule has 1 saturated heterocycles. The van der Waals surface area contributed by atoms with E-state index in [0.717, 1.165) is 28.5 Å². The minimum absolute atomic E-state index is 0.0311. The number of halogens is 1. The van der Waals surface area contributed by atoms with Gasteiger partial charge in [-0.1, -0.05) is 30.3 Å². The zero-order valence-electron chi connectivity index (χ0n) is 18.2. The summed E-state index contributed by atoms with van der Waals surface area (Å²) in [6.07, 6.45) is 2.95. The van der Waals surface area contributed by atoms with E-state index in [9.17, 15) is 18.8 Å². The number of esters is 1. The van der Waals surface area contributed by atoms with E-state index in [0.29, 0.717) is 18.6 Å². The lowest BCUT2D eigenvalue weighted by Gasteiger charge is -2.13. The molecule has 1 aliphatic rings. The van der Waals surface area contributed by atoms with E-state index in [4.69, 9.17) is 10.5 Å². The van der Waals surface area contributed by atoms with Gasteiger partial charge in [0.2, 0.25) is 5.91 Å². The topological polar surface area (TPSA) is 123 Å². The van der Waals surface area contributed by atoms with E-state index in [-0.39, 0.29) is 24.6 Å². The van der Waals surface area contributed by atoms with Crippen molar-refractivity contribution in [1.82, 2.24) is 10.3 Å². The molecule has 2 amide bonds. The molecule has 0 bridgehead atoms. The number of aromatic nitrogens is 1. The lowest BCUT2D eigenvalue weighted by molar-refractivity contribution is -0.141. The summed E-state index contributed by atoms with van der Waals surface area (Å²) >= 11 is 0. The maximum absolute atomic E-state index is 13.9. The number of rotatable bonds is 7. The van der Waals surface area contributed by atoms with Gasteiger partial charge in [-0.25, -0.2) is 9.18 Å². The van der Waals surface area contributed by atoms with Gasteiger partial charge < -0.3 is 21.1 Å². The molecule has 3 aromatic rings. The summed E-state index contributed by atoms with van der Waals surface area (Å²) < 4.78 is 18.7. The average Bonchev–Trinajstić information content (AvgIpc) is 3.24. The quantitative estimate of drug-likeness (QED) is 0.464. The lowest BCUT2D eigenvalue weighted by atomic mass is 9.95.